The lowest BCUT2D eigenvalue weighted by Crippen LogP contribution is -2.52. The van der Waals surface area contributed by atoms with Gasteiger partial charge in [0, 0.05) is 45.5 Å². The number of anilines is 1. The van der Waals surface area contributed by atoms with E-state index in [1.165, 1.54) is 0 Å². The highest BCUT2D eigenvalue weighted by Crippen LogP contribution is 2.13. The van der Waals surface area contributed by atoms with E-state index in [0.717, 1.165) is 18.7 Å². The Morgan fingerprint density at radius 1 is 1.19 bits per heavy atom. The third-order valence-electron chi connectivity index (χ3n) is 4.70. The molecule has 0 aliphatic carbocycles. The van der Waals surface area contributed by atoms with Crippen molar-refractivity contribution in [2.24, 2.45) is 0 Å². The summed E-state index contributed by atoms with van der Waals surface area (Å²) in [4.78, 5) is 27.8. The lowest BCUT2D eigenvalue weighted by atomic mass is 10.1. The summed E-state index contributed by atoms with van der Waals surface area (Å²) in [7, 11) is 3.48. The number of amides is 3. The molecule has 27 heavy (non-hydrogen) atoms. The first-order valence-electron chi connectivity index (χ1n) is 9.48. The summed E-state index contributed by atoms with van der Waals surface area (Å²) in [6.45, 7) is 8.59. The number of ether oxygens (including phenoxy) is 1. The van der Waals surface area contributed by atoms with Gasteiger partial charge in [-0.15, -0.1) is 0 Å². The van der Waals surface area contributed by atoms with Crippen molar-refractivity contribution >= 4 is 17.6 Å². The van der Waals surface area contributed by atoms with E-state index in [1.54, 1.807) is 19.0 Å². The SMILES string of the molecule is C[C@@H]1CN([C@H](C)CNC(=O)Nc2ccc(CC(=O)N(C)C)cc2)C[C@@H](C)O1. The van der Waals surface area contributed by atoms with E-state index in [-0.39, 0.29) is 30.2 Å². The molecule has 0 saturated carbocycles. The quantitative estimate of drug-likeness (QED) is 0.796. The van der Waals surface area contributed by atoms with E-state index >= 15 is 0 Å². The number of rotatable bonds is 6. The van der Waals surface area contributed by atoms with Crippen molar-refractivity contribution in [2.75, 3.05) is 39.0 Å². The van der Waals surface area contributed by atoms with E-state index in [4.69, 9.17) is 4.74 Å². The van der Waals surface area contributed by atoms with Crippen LogP contribution in [0.15, 0.2) is 24.3 Å². The van der Waals surface area contributed by atoms with E-state index in [9.17, 15) is 9.59 Å². The molecule has 7 nitrogen and oxygen atoms in total. The predicted molar refractivity (Wildman–Crippen MR) is 107 cm³/mol. The van der Waals surface area contributed by atoms with Crippen molar-refractivity contribution in [3.8, 4) is 0 Å². The second-order valence-corrected chi connectivity index (χ2v) is 7.56. The Hall–Kier alpha value is -2.12. The van der Waals surface area contributed by atoms with E-state index < -0.39 is 0 Å². The fraction of sp³-hybridized carbons (Fsp3) is 0.600. The number of benzene rings is 1. The largest absolute Gasteiger partial charge is 0.373 e. The molecule has 1 aromatic rings. The molecule has 1 aromatic carbocycles. The van der Waals surface area contributed by atoms with Crippen LogP contribution in [-0.2, 0) is 16.0 Å². The van der Waals surface area contributed by atoms with Gasteiger partial charge in [-0.1, -0.05) is 12.1 Å². The average molecular weight is 377 g/mol. The summed E-state index contributed by atoms with van der Waals surface area (Å²) in [6.07, 6.45) is 0.777. The number of likely N-dealkylation sites (N-methyl/N-ethyl adjacent to an activating group) is 1. The number of hydrogen-bond donors (Lipinski definition) is 2. The second-order valence-electron chi connectivity index (χ2n) is 7.56. The zero-order chi connectivity index (χ0) is 20.0. The first kappa shape index (κ1) is 21.2. The Morgan fingerprint density at radius 3 is 2.33 bits per heavy atom. The van der Waals surface area contributed by atoms with Crippen LogP contribution in [0.25, 0.3) is 0 Å². The summed E-state index contributed by atoms with van der Waals surface area (Å²) >= 11 is 0. The van der Waals surface area contributed by atoms with E-state index in [2.05, 4.69) is 36.3 Å². The van der Waals surface area contributed by atoms with Gasteiger partial charge in [-0.25, -0.2) is 4.79 Å². The molecule has 1 aliphatic heterocycles. The summed E-state index contributed by atoms with van der Waals surface area (Å²) in [5.41, 5.74) is 1.62. The number of morpholine rings is 1. The van der Waals surface area contributed by atoms with Crippen molar-refractivity contribution in [3.05, 3.63) is 29.8 Å². The van der Waals surface area contributed by atoms with Crippen LogP contribution in [0.2, 0.25) is 0 Å². The van der Waals surface area contributed by atoms with Crippen LogP contribution in [-0.4, -0.2) is 73.7 Å². The number of nitrogens with zero attached hydrogens (tertiary/aromatic N) is 2. The molecule has 150 valence electrons. The standard InChI is InChI=1S/C20H32N4O3/c1-14(24-12-15(2)27-16(3)13-24)11-21-20(26)22-18-8-6-17(7-9-18)10-19(25)23(4)5/h6-9,14-16H,10-13H2,1-5H3,(H2,21,22,26)/t14-,15-,16-/m1/s1. The number of nitrogens with one attached hydrogen (secondary N) is 2. The zero-order valence-electron chi connectivity index (χ0n) is 17.0. The molecule has 2 N–H and O–H groups in total. The van der Waals surface area contributed by atoms with Crippen LogP contribution >= 0.6 is 0 Å². The summed E-state index contributed by atoms with van der Waals surface area (Å²) in [6, 6.07) is 7.35. The highest BCUT2D eigenvalue weighted by Gasteiger charge is 2.25. The topological polar surface area (TPSA) is 73.9 Å². The molecule has 1 fully saturated rings. The summed E-state index contributed by atoms with van der Waals surface area (Å²) in [5, 5.41) is 5.76. The van der Waals surface area contributed by atoms with Crippen LogP contribution in [0, 0.1) is 0 Å². The van der Waals surface area contributed by atoms with Gasteiger partial charge in [0.05, 0.1) is 18.6 Å². The van der Waals surface area contributed by atoms with E-state index in [0.29, 0.717) is 18.7 Å². The molecule has 3 atom stereocenters. The third kappa shape index (κ3) is 6.84. The van der Waals surface area contributed by atoms with Gasteiger partial charge in [-0.05, 0) is 38.5 Å². The molecule has 0 aromatic heterocycles. The van der Waals surface area contributed by atoms with Crippen molar-refractivity contribution in [1.82, 2.24) is 15.1 Å². The average Bonchev–Trinajstić information content (AvgIpc) is 2.60. The second kappa shape index (κ2) is 9.71. The van der Waals surface area contributed by atoms with Gasteiger partial charge >= 0.3 is 6.03 Å². The monoisotopic (exact) mass is 376 g/mol. The van der Waals surface area contributed by atoms with Crippen LogP contribution in [0.3, 0.4) is 0 Å². The number of urea groups is 1. The van der Waals surface area contributed by atoms with Crippen molar-refractivity contribution in [1.29, 1.82) is 0 Å². The third-order valence-corrected chi connectivity index (χ3v) is 4.70. The molecule has 0 bridgehead atoms. The maximum atomic E-state index is 12.2. The molecule has 0 spiro atoms. The molecular weight excluding hydrogens is 344 g/mol. The van der Waals surface area contributed by atoms with Gasteiger partial charge in [0.2, 0.25) is 5.91 Å². The number of carbonyl (C=O) groups excluding carboxylic acids is 2. The Morgan fingerprint density at radius 2 is 1.78 bits per heavy atom. The zero-order valence-corrected chi connectivity index (χ0v) is 17.0. The summed E-state index contributed by atoms with van der Waals surface area (Å²) < 4.78 is 5.75. The fourth-order valence-electron chi connectivity index (χ4n) is 3.16. The van der Waals surface area contributed by atoms with Gasteiger partial charge in [-0.3, -0.25) is 9.69 Å². The van der Waals surface area contributed by atoms with Gasteiger partial charge in [0.25, 0.3) is 0 Å². The molecule has 0 unspecified atom stereocenters. The Kier molecular flexibility index (Phi) is 7.62. The smallest absolute Gasteiger partial charge is 0.319 e. The Bertz CT molecular complexity index is 623. The predicted octanol–water partition coefficient (Wildman–Crippen LogP) is 1.94. The lowest BCUT2D eigenvalue weighted by molar-refractivity contribution is -0.127. The van der Waals surface area contributed by atoms with Gasteiger partial charge in [0.1, 0.15) is 0 Å². The minimum Gasteiger partial charge on any atom is -0.373 e. The van der Waals surface area contributed by atoms with Crippen molar-refractivity contribution in [2.45, 2.75) is 45.4 Å². The maximum absolute atomic E-state index is 12.2. The molecular formula is C20H32N4O3. The van der Waals surface area contributed by atoms with Gasteiger partial charge < -0.3 is 20.3 Å². The van der Waals surface area contributed by atoms with Crippen molar-refractivity contribution < 1.29 is 14.3 Å². The minimum atomic E-state index is -0.228. The van der Waals surface area contributed by atoms with Crippen LogP contribution in [0.1, 0.15) is 26.3 Å². The maximum Gasteiger partial charge on any atom is 0.319 e. The molecule has 1 saturated heterocycles. The highest BCUT2D eigenvalue weighted by atomic mass is 16.5. The minimum absolute atomic E-state index is 0.0502. The normalized spacial score (nSPS) is 21.4. The molecule has 0 radical (unpaired) electrons. The van der Waals surface area contributed by atoms with Gasteiger partial charge in [-0.2, -0.15) is 0 Å². The highest BCUT2D eigenvalue weighted by molar-refractivity contribution is 5.89. The molecule has 7 heteroatoms. The summed E-state index contributed by atoms with van der Waals surface area (Å²) in [5.74, 6) is 0.0502. The lowest BCUT2D eigenvalue weighted by Gasteiger charge is -2.38. The number of hydrogen-bond acceptors (Lipinski definition) is 4. The number of carbonyl (C=O) groups is 2. The molecule has 1 aliphatic rings. The molecule has 1 heterocycles. The molecule has 3 amide bonds. The Labute approximate surface area is 162 Å². The van der Waals surface area contributed by atoms with Crippen LogP contribution < -0.4 is 10.6 Å². The Balaban J connectivity index is 1.77. The van der Waals surface area contributed by atoms with Gasteiger partial charge in [0.15, 0.2) is 0 Å². The van der Waals surface area contributed by atoms with Crippen LogP contribution in [0.4, 0.5) is 10.5 Å². The van der Waals surface area contributed by atoms with Crippen molar-refractivity contribution in [3.63, 3.8) is 0 Å². The van der Waals surface area contributed by atoms with Crippen LogP contribution in [0.5, 0.6) is 0 Å². The first-order chi connectivity index (χ1) is 12.7. The fourth-order valence-corrected chi connectivity index (χ4v) is 3.16. The van der Waals surface area contributed by atoms with E-state index in [1.807, 2.05) is 24.3 Å². The first-order valence-corrected chi connectivity index (χ1v) is 9.48. The molecule has 2 rings (SSSR count).